The van der Waals surface area contributed by atoms with Gasteiger partial charge in [-0.3, -0.25) is 0 Å². The molecule has 0 spiro atoms. The van der Waals surface area contributed by atoms with Gasteiger partial charge < -0.3 is 0 Å². The molecule has 29 heavy (non-hydrogen) atoms. The molecule has 1 heterocycles. The van der Waals surface area contributed by atoms with Crippen molar-refractivity contribution in [3.63, 3.8) is 0 Å². The smallest absolute Gasteiger partial charge is 0.159 e. The number of hydrogen-bond donors (Lipinski definition) is 0. The van der Waals surface area contributed by atoms with Crippen LogP contribution in [0.5, 0.6) is 0 Å². The molecule has 2 aromatic carbocycles. The molecule has 0 atom stereocenters. The van der Waals surface area contributed by atoms with Crippen molar-refractivity contribution >= 4 is 19.2 Å². The molecule has 0 unspecified atom stereocenters. The number of aryl methyl sites for hydroxylation is 1. The molecule has 1 aliphatic heterocycles. The summed E-state index contributed by atoms with van der Waals surface area (Å²) >= 11 is 6.41. The first-order valence-corrected chi connectivity index (χ1v) is 14.6. The third-order valence-electron chi connectivity index (χ3n) is 7.31. The molecule has 0 amide bonds. The summed E-state index contributed by atoms with van der Waals surface area (Å²) in [5, 5.41) is 0. The van der Waals surface area contributed by atoms with Crippen LogP contribution in [-0.2, 0) is 6.42 Å². The highest BCUT2D eigenvalue weighted by Gasteiger charge is 2.30. The van der Waals surface area contributed by atoms with Gasteiger partial charge in [-0.1, -0.05) is 56.0 Å². The van der Waals surface area contributed by atoms with Gasteiger partial charge in [0.1, 0.15) is 8.11 Å². The zero-order valence-electron chi connectivity index (χ0n) is 17.1. The second-order valence-electron chi connectivity index (χ2n) is 9.16. The van der Waals surface area contributed by atoms with Crippen LogP contribution in [-0.4, -0.2) is 8.11 Å². The molecule has 0 nitrogen and oxygen atoms in total. The van der Waals surface area contributed by atoms with Gasteiger partial charge in [-0.15, -0.1) is 0 Å². The summed E-state index contributed by atoms with van der Waals surface area (Å²) in [6.07, 6.45) is 10.8. The van der Waals surface area contributed by atoms with Crippen LogP contribution in [0, 0.1) is 29.4 Å². The normalized spacial score (nSPS) is 27.7. The summed E-state index contributed by atoms with van der Waals surface area (Å²) in [5.41, 5.74) is 2.99. The molecule has 0 radical (unpaired) electrons. The Labute approximate surface area is 180 Å². The van der Waals surface area contributed by atoms with Crippen LogP contribution in [0.3, 0.4) is 0 Å². The first-order chi connectivity index (χ1) is 14.1. The quantitative estimate of drug-likeness (QED) is 0.334. The Balaban J connectivity index is 1.24. The maximum absolute atomic E-state index is 13.5. The Bertz CT molecular complexity index is 791. The molecule has 4 heteroatoms. The van der Waals surface area contributed by atoms with Crippen molar-refractivity contribution in [1.29, 1.82) is 0 Å². The van der Waals surface area contributed by atoms with Crippen molar-refractivity contribution in [2.75, 3.05) is 0 Å². The van der Waals surface area contributed by atoms with E-state index in [0.29, 0.717) is 0 Å². The number of halogens is 3. The van der Waals surface area contributed by atoms with Crippen LogP contribution in [0.25, 0.3) is 11.1 Å². The Hall–Kier alpha value is -1.19. The van der Waals surface area contributed by atoms with Gasteiger partial charge in [0.25, 0.3) is 0 Å². The molecule has 4 rings (SSSR count). The molecule has 2 aliphatic rings. The van der Waals surface area contributed by atoms with Gasteiger partial charge in [0.15, 0.2) is 11.6 Å². The molecule has 0 aromatic heterocycles. The fourth-order valence-corrected chi connectivity index (χ4v) is 8.03. The maximum Gasteiger partial charge on any atom is 0.159 e. The zero-order chi connectivity index (χ0) is 20.2. The SMILES string of the molecule is Fc1ccc(-c2ccc(CCC3CCC([C@H]4CC[Si@H](Cl)CC4)CC3)cc2)cc1F. The van der Waals surface area contributed by atoms with Crippen LogP contribution >= 0.6 is 11.1 Å². The van der Waals surface area contributed by atoms with E-state index in [1.54, 1.807) is 6.07 Å². The van der Waals surface area contributed by atoms with Crippen molar-refractivity contribution < 1.29 is 8.78 Å². The number of benzene rings is 2. The molecular weight excluding hydrogens is 402 g/mol. The molecule has 0 bridgehead atoms. The van der Waals surface area contributed by atoms with Crippen LogP contribution in [0.1, 0.15) is 50.5 Å². The fourth-order valence-electron chi connectivity index (χ4n) is 5.41. The monoisotopic (exact) mass is 432 g/mol. The first-order valence-electron chi connectivity index (χ1n) is 11.3. The topological polar surface area (TPSA) is 0 Å². The van der Waals surface area contributed by atoms with Crippen molar-refractivity contribution in [3.05, 3.63) is 59.7 Å². The van der Waals surface area contributed by atoms with Gasteiger partial charge in [-0.2, -0.15) is 11.1 Å². The molecule has 1 aliphatic carbocycles. The summed E-state index contributed by atoms with van der Waals surface area (Å²) in [6, 6.07) is 15.1. The minimum absolute atomic E-state index is 0.722. The Morgan fingerprint density at radius 2 is 1.38 bits per heavy atom. The lowest BCUT2D eigenvalue weighted by Gasteiger charge is -2.36. The molecule has 1 saturated heterocycles. The van der Waals surface area contributed by atoms with Gasteiger partial charge in [0.2, 0.25) is 0 Å². The predicted molar refractivity (Wildman–Crippen MR) is 121 cm³/mol. The Kier molecular flexibility index (Phi) is 7.07. The van der Waals surface area contributed by atoms with E-state index in [9.17, 15) is 8.78 Å². The van der Waals surface area contributed by atoms with Crippen LogP contribution in [0.2, 0.25) is 12.1 Å². The molecule has 2 fully saturated rings. The average Bonchev–Trinajstić information content (AvgIpc) is 2.76. The van der Waals surface area contributed by atoms with Gasteiger partial charge in [0, 0.05) is 0 Å². The highest BCUT2D eigenvalue weighted by atomic mass is 35.6. The van der Waals surface area contributed by atoms with Crippen molar-refractivity contribution in [2.45, 2.75) is 63.5 Å². The van der Waals surface area contributed by atoms with E-state index in [4.69, 9.17) is 11.1 Å². The number of hydrogen-bond acceptors (Lipinski definition) is 0. The fraction of sp³-hybridized carbons (Fsp3) is 0.520. The van der Waals surface area contributed by atoms with Gasteiger partial charge in [-0.05, 0) is 84.3 Å². The van der Waals surface area contributed by atoms with E-state index >= 15 is 0 Å². The first kappa shape index (κ1) is 21.1. The van der Waals surface area contributed by atoms with E-state index in [0.717, 1.165) is 35.3 Å². The lowest BCUT2D eigenvalue weighted by atomic mass is 9.73. The minimum Gasteiger partial charge on any atom is -0.204 e. The van der Waals surface area contributed by atoms with Crippen LogP contribution < -0.4 is 0 Å². The van der Waals surface area contributed by atoms with E-state index in [-0.39, 0.29) is 0 Å². The minimum atomic E-state index is -0.838. The van der Waals surface area contributed by atoms with Crippen LogP contribution in [0.15, 0.2) is 42.5 Å². The molecule has 156 valence electrons. The summed E-state index contributed by atoms with van der Waals surface area (Å²) in [4.78, 5) is 0. The highest BCUT2D eigenvalue weighted by molar-refractivity contribution is 7.07. The summed E-state index contributed by atoms with van der Waals surface area (Å²) in [7, 11) is -0.838. The standard InChI is InChI=1S/C25H31ClF2Si/c26-29-15-13-22(14-16-29)20-7-3-18(4-8-20)1-2-19-5-9-21(10-6-19)23-11-12-24(27)25(28)17-23/h5-6,9-12,17-18,20,22,29H,1-4,7-8,13-16H2/t18?,20?,22-,29-. The third-order valence-corrected chi connectivity index (χ3v) is 10.5. The Morgan fingerprint density at radius 3 is 2.03 bits per heavy atom. The lowest BCUT2D eigenvalue weighted by molar-refractivity contribution is 0.187. The van der Waals surface area contributed by atoms with Gasteiger partial charge >= 0.3 is 0 Å². The highest BCUT2D eigenvalue weighted by Crippen LogP contribution is 2.41. The molecule has 2 aromatic rings. The summed E-state index contributed by atoms with van der Waals surface area (Å²) < 4.78 is 26.6. The molecule has 1 saturated carbocycles. The summed E-state index contributed by atoms with van der Waals surface area (Å²) in [6.45, 7) is 0. The second-order valence-corrected chi connectivity index (χ2v) is 13.4. The van der Waals surface area contributed by atoms with E-state index in [1.807, 2.05) is 12.1 Å². The summed E-state index contributed by atoms with van der Waals surface area (Å²) in [5.74, 6) is 1.19. The largest absolute Gasteiger partial charge is 0.204 e. The number of rotatable bonds is 5. The second kappa shape index (κ2) is 9.74. The van der Waals surface area contributed by atoms with Crippen LogP contribution in [0.4, 0.5) is 8.78 Å². The van der Waals surface area contributed by atoms with Crippen molar-refractivity contribution in [2.24, 2.45) is 17.8 Å². The molecular formula is C25H31ClF2Si. The predicted octanol–water partition coefficient (Wildman–Crippen LogP) is 7.74. The van der Waals surface area contributed by atoms with Gasteiger partial charge in [0.05, 0.1) is 0 Å². The van der Waals surface area contributed by atoms with E-state index in [2.05, 4.69) is 12.1 Å². The van der Waals surface area contributed by atoms with Gasteiger partial charge in [-0.25, -0.2) is 8.78 Å². The Morgan fingerprint density at radius 1 is 0.759 bits per heavy atom. The van der Waals surface area contributed by atoms with Crippen molar-refractivity contribution in [3.8, 4) is 11.1 Å². The average molecular weight is 433 g/mol. The third kappa shape index (κ3) is 5.49. The molecule has 0 N–H and O–H groups in total. The zero-order valence-corrected chi connectivity index (χ0v) is 19.0. The van der Waals surface area contributed by atoms with Crippen molar-refractivity contribution in [1.82, 2.24) is 0 Å². The van der Waals surface area contributed by atoms with E-state index in [1.165, 1.54) is 74.7 Å². The maximum atomic E-state index is 13.5. The lowest BCUT2D eigenvalue weighted by Crippen LogP contribution is -2.26. The van der Waals surface area contributed by atoms with E-state index < -0.39 is 19.7 Å².